The Kier molecular flexibility index (Phi) is 5.51. The van der Waals surface area contributed by atoms with Gasteiger partial charge in [-0.2, -0.15) is 13.2 Å². The number of ether oxygens (including phenoxy) is 1. The van der Waals surface area contributed by atoms with Gasteiger partial charge in [-0.1, -0.05) is 0 Å². The summed E-state index contributed by atoms with van der Waals surface area (Å²) in [5, 5.41) is 0. The van der Waals surface area contributed by atoms with E-state index < -0.39 is 36.7 Å². The second kappa shape index (κ2) is 6.91. The number of nitrogens with zero attached hydrogens (tertiary/aromatic N) is 1. The van der Waals surface area contributed by atoms with Gasteiger partial charge in [0.25, 0.3) is 5.91 Å². The maximum atomic E-state index is 12.5. The van der Waals surface area contributed by atoms with E-state index in [9.17, 15) is 27.6 Å². The predicted octanol–water partition coefficient (Wildman–Crippen LogP) is 0.942. The van der Waals surface area contributed by atoms with E-state index in [1.165, 1.54) is 6.07 Å². The van der Waals surface area contributed by atoms with Gasteiger partial charge in [0.1, 0.15) is 6.54 Å². The second-order valence-electron chi connectivity index (χ2n) is 4.11. The average molecular weight is 306 g/mol. The molecule has 116 valence electrons. The number of hydrogen-bond donors (Lipinski definition) is 1. The van der Waals surface area contributed by atoms with Gasteiger partial charge in [-0.05, 0) is 6.07 Å². The van der Waals surface area contributed by atoms with Crippen LogP contribution in [0.2, 0.25) is 0 Å². The quantitative estimate of drug-likeness (QED) is 0.821. The number of H-pyrrole nitrogens is 1. The van der Waals surface area contributed by atoms with Gasteiger partial charge in [0.05, 0.1) is 13.5 Å². The van der Waals surface area contributed by atoms with Crippen molar-refractivity contribution in [2.24, 2.45) is 0 Å². The molecule has 9 heteroatoms. The summed E-state index contributed by atoms with van der Waals surface area (Å²) in [4.78, 5) is 36.8. The first kappa shape index (κ1) is 16.7. The van der Waals surface area contributed by atoms with E-state index in [0.29, 0.717) is 4.90 Å². The third kappa shape index (κ3) is 5.67. The number of nitrogens with one attached hydrogen (secondary N) is 1. The highest BCUT2D eigenvalue weighted by Gasteiger charge is 2.33. The number of esters is 1. The largest absolute Gasteiger partial charge is 0.469 e. The Morgan fingerprint density at radius 1 is 1.38 bits per heavy atom. The monoisotopic (exact) mass is 306 g/mol. The zero-order valence-electron chi connectivity index (χ0n) is 11.1. The van der Waals surface area contributed by atoms with Gasteiger partial charge < -0.3 is 14.6 Å². The summed E-state index contributed by atoms with van der Waals surface area (Å²) >= 11 is 0. The van der Waals surface area contributed by atoms with Crippen molar-refractivity contribution in [1.29, 1.82) is 0 Å². The summed E-state index contributed by atoms with van der Waals surface area (Å²) in [6.07, 6.45) is -3.84. The van der Waals surface area contributed by atoms with Gasteiger partial charge in [-0.25, -0.2) is 0 Å². The Morgan fingerprint density at radius 2 is 2.05 bits per heavy atom. The molecule has 1 rings (SSSR count). The molecule has 0 aliphatic heterocycles. The third-order valence-electron chi connectivity index (χ3n) is 2.49. The number of rotatable bonds is 5. The Hall–Kier alpha value is -2.32. The summed E-state index contributed by atoms with van der Waals surface area (Å²) in [7, 11) is 1.09. The lowest BCUT2D eigenvalue weighted by Crippen LogP contribution is -2.40. The lowest BCUT2D eigenvalue weighted by molar-refractivity contribution is -0.147. The topological polar surface area (TPSA) is 79.5 Å². The van der Waals surface area contributed by atoms with Crippen molar-refractivity contribution >= 4 is 11.9 Å². The molecule has 21 heavy (non-hydrogen) atoms. The number of amides is 1. The van der Waals surface area contributed by atoms with Gasteiger partial charge in [0, 0.05) is 24.4 Å². The number of aromatic amines is 1. The van der Waals surface area contributed by atoms with Crippen LogP contribution >= 0.6 is 0 Å². The number of methoxy groups -OCH3 is 1. The molecule has 0 unspecified atom stereocenters. The molecule has 1 N–H and O–H groups in total. The van der Waals surface area contributed by atoms with E-state index in [-0.39, 0.29) is 12.0 Å². The van der Waals surface area contributed by atoms with Crippen molar-refractivity contribution in [2.45, 2.75) is 12.6 Å². The SMILES string of the molecule is COC(=O)CCN(CC(F)(F)F)C(=O)c1cc[nH]c(=O)c1. The van der Waals surface area contributed by atoms with Crippen LogP contribution in [0, 0.1) is 0 Å². The Morgan fingerprint density at radius 3 is 2.57 bits per heavy atom. The van der Waals surface area contributed by atoms with Crippen molar-refractivity contribution in [2.75, 3.05) is 20.2 Å². The molecule has 0 saturated carbocycles. The lowest BCUT2D eigenvalue weighted by Gasteiger charge is -2.23. The summed E-state index contributed by atoms with van der Waals surface area (Å²) < 4.78 is 41.8. The molecule has 0 aromatic carbocycles. The van der Waals surface area contributed by atoms with E-state index in [1.807, 2.05) is 0 Å². The molecule has 1 amide bonds. The van der Waals surface area contributed by atoms with E-state index >= 15 is 0 Å². The average Bonchev–Trinajstić information content (AvgIpc) is 2.41. The molecular formula is C12H13F3N2O4. The molecule has 0 radical (unpaired) electrons. The summed E-state index contributed by atoms with van der Waals surface area (Å²) in [5.41, 5.74) is -0.798. The third-order valence-corrected chi connectivity index (χ3v) is 2.49. The highest BCUT2D eigenvalue weighted by atomic mass is 19.4. The van der Waals surface area contributed by atoms with Gasteiger partial charge in [-0.15, -0.1) is 0 Å². The van der Waals surface area contributed by atoms with Crippen molar-refractivity contribution in [3.8, 4) is 0 Å². The smallest absolute Gasteiger partial charge is 0.406 e. The minimum absolute atomic E-state index is 0.187. The predicted molar refractivity (Wildman–Crippen MR) is 65.7 cm³/mol. The highest BCUT2D eigenvalue weighted by Crippen LogP contribution is 2.18. The summed E-state index contributed by atoms with van der Waals surface area (Å²) in [6.45, 7) is -1.98. The first-order valence-corrected chi connectivity index (χ1v) is 5.84. The first-order chi connectivity index (χ1) is 9.73. The Labute approximate surface area is 117 Å². The van der Waals surface area contributed by atoms with E-state index in [2.05, 4.69) is 9.72 Å². The number of pyridine rings is 1. The van der Waals surface area contributed by atoms with Crippen LogP contribution in [0.5, 0.6) is 0 Å². The standard InChI is InChI=1S/C12H13F3N2O4/c1-21-10(19)3-5-17(7-12(13,14)15)11(20)8-2-4-16-9(18)6-8/h2,4,6H,3,5,7H2,1H3,(H,16,18). The summed E-state index contributed by atoms with van der Waals surface area (Å²) in [5.74, 6) is -1.72. The molecule has 0 bridgehead atoms. The van der Waals surface area contributed by atoms with Gasteiger partial charge >= 0.3 is 12.1 Å². The number of carbonyl (C=O) groups is 2. The van der Waals surface area contributed by atoms with Crippen LogP contribution in [0.15, 0.2) is 23.1 Å². The van der Waals surface area contributed by atoms with Gasteiger partial charge in [-0.3, -0.25) is 14.4 Å². The molecule has 1 aromatic rings. The molecule has 0 aliphatic rings. The van der Waals surface area contributed by atoms with Crippen LogP contribution in [0.4, 0.5) is 13.2 Å². The highest BCUT2D eigenvalue weighted by molar-refractivity contribution is 5.94. The molecule has 0 saturated heterocycles. The van der Waals surface area contributed by atoms with E-state index in [4.69, 9.17) is 0 Å². The zero-order valence-corrected chi connectivity index (χ0v) is 11.1. The minimum Gasteiger partial charge on any atom is -0.469 e. The van der Waals surface area contributed by atoms with E-state index in [0.717, 1.165) is 19.4 Å². The molecule has 0 fully saturated rings. The normalized spacial score (nSPS) is 11.0. The van der Waals surface area contributed by atoms with Crippen LogP contribution in [0.1, 0.15) is 16.8 Å². The van der Waals surface area contributed by atoms with Gasteiger partial charge in [0.15, 0.2) is 0 Å². The van der Waals surface area contributed by atoms with Crippen LogP contribution in [-0.2, 0) is 9.53 Å². The van der Waals surface area contributed by atoms with Crippen molar-refractivity contribution in [3.63, 3.8) is 0 Å². The van der Waals surface area contributed by atoms with Gasteiger partial charge in [0.2, 0.25) is 5.56 Å². The molecular weight excluding hydrogens is 293 g/mol. The lowest BCUT2D eigenvalue weighted by atomic mass is 10.2. The fourth-order valence-corrected chi connectivity index (χ4v) is 1.56. The van der Waals surface area contributed by atoms with Crippen molar-refractivity contribution < 1.29 is 27.5 Å². The maximum absolute atomic E-state index is 12.5. The van der Waals surface area contributed by atoms with Crippen molar-refractivity contribution in [1.82, 2.24) is 9.88 Å². The number of hydrogen-bond acceptors (Lipinski definition) is 4. The number of aromatic nitrogens is 1. The van der Waals surface area contributed by atoms with Crippen LogP contribution < -0.4 is 5.56 Å². The fourth-order valence-electron chi connectivity index (χ4n) is 1.56. The molecule has 0 atom stereocenters. The zero-order chi connectivity index (χ0) is 16.0. The first-order valence-electron chi connectivity index (χ1n) is 5.84. The van der Waals surface area contributed by atoms with Crippen molar-refractivity contribution in [3.05, 3.63) is 34.2 Å². The molecule has 0 spiro atoms. The van der Waals surface area contributed by atoms with Crippen LogP contribution in [-0.4, -0.2) is 48.1 Å². The van der Waals surface area contributed by atoms with Crippen LogP contribution in [0.3, 0.4) is 0 Å². The van der Waals surface area contributed by atoms with Crippen LogP contribution in [0.25, 0.3) is 0 Å². The number of halogens is 3. The number of alkyl halides is 3. The molecule has 0 aliphatic carbocycles. The summed E-state index contributed by atoms with van der Waals surface area (Å²) in [6, 6.07) is 2.08. The Bertz CT molecular complexity index is 568. The minimum atomic E-state index is -4.62. The number of carbonyl (C=O) groups excluding carboxylic acids is 2. The second-order valence-corrected chi connectivity index (χ2v) is 4.11. The maximum Gasteiger partial charge on any atom is 0.406 e. The molecule has 1 aromatic heterocycles. The van der Waals surface area contributed by atoms with E-state index in [1.54, 1.807) is 0 Å². The molecule has 1 heterocycles. The fraction of sp³-hybridized carbons (Fsp3) is 0.417. The Balaban J connectivity index is 2.91. The molecule has 6 nitrogen and oxygen atoms in total.